The third-order valence-electron chi connectivity index (χ3n) is 1.74. The Labute approximate surface area is 85.8 Å². The number of aromatic nitrogens is 4. The molecule has 0 radical (unpaired) electrons. The lowest BCUT2D eigenvalue weighted by molar-refractivity contribution is 0.678. The van der Waals surface area contributed by atoms with E-state index in [0.29, 0.717) is 0 Å². The van der Waals surface area contributed by atoms with Crippen LogP contribution in [-0.2, 0) is 20.1 Å². The van der Waals surface area contributed by atoms with Gasteiger partial charge >= 0.3 is 0 Å². The first-order valence-corrected chi connectivity index (χ1v) is 5.16. The summed E-state index contributed by atoms with van der Waals surface area (Å²) in [5, 5.41) is 11.1. The van der Waals surface area contributed by atoms with Gasteiger partial charge in [0.15, 0.2) is 0 Å². The van der Waals surface area contributed by atoms with Crippen LogP contribution in [0.3, 0.4) is 0 Å². The number of hydrogen-bond donors (Lipinski definition) is 1. The maximum absolute atomic E-state index is 4.00. The highest BCUT2D eigenvalue weighted by molar-refractivity contribution is 7.09. The first-order valence-electron chi connectivity index (χ1n) is 4.28. The molecule has 2 rings (SSSR count). The van der Waals surface area contributed by atoms with Gasteiger partial charge in [-0.15, -0.1) is 16.4 Å². The van der Waals surface area contributed by atoms with Crippen molar-refractivity contribution in [1.29, 1.82) is 0 Å². The van der Waals surface area contributed by atoms with Gasteiger partial charge < -0.3 is 5.32 Å². The highest BCUT2D eigenvalue weighted by atomic mass is 32.1. The van der Waals surface area contributed by atoms with Crippen molar-refractivity contribution in [1.82, 2.24) is 25.3 Å². The highest BCUT2D eigenvalue weighted by Crippen LogP contribution is 2.04. The number of nitrogens with one attached hydrogen (secondary N) is 1. The van der Waals surface area contributed by atoms with Gasteiger partial charge in [0.1, 0.15) is 0 Å². The van der Waals surface area contributed by atoms with E-state index in [1.807, 2.05) is 25.0 Å². The van der Waals surface area contributed by atoms with Crippen molar-refractivity contribution in [3.8, 4) is 0 Å². The fourth-order valence-electron chi connectivity index (χ4n) is 1.12. The average molecular weight is 209 g/mol. The van der Waals surface area contributed by atoms with Gasteiger partial charge in [0.25, 0.3) is 0 Å². The van der Waals surface area contributed by atoms with Crippen LogP contribution in [0, 0.1) is 0 Å². The molecule has 0 atom stereocenters. The molecule has 2 heterocycles. The van der Waals surface area contributed by atoms with Crippen molar-refractivity contribution in [3.63, 3.8) is 0 Å². The molecule has 0 saturated heterocycles. The molecular weight excluding hydrogens is 198 g/mol. The van der Waals surface area contributed by atoms with Crippen LogP contribution in [0.1, 0.15) is 10.6 Å². The zero-order valence-electron chi connectivity index (χ0n) is 7.84. The second kappa shape index (κ2) is 4.30. The molecular formula is C8H11N5S. The normalized spacial score (nSPS) is 10.6. The molecule has 0 amide bonds. The first kappa shape index (κ1) is 9.29. The fraction of sp³-hybridized carbons (Fsp3) is 0.375. The number of thiazole rings is 1. The summed E-state index contributed by atoms with van der Waals surface area (Å²) in [6, 6.07) is 0. The lowest BCUT2D eigenvalue weighted by atomic mass is 10.4. The minimum Gasteiger partial charge on any atom is -0.306 e. The van der Waals surface area contributed by atoms with Crippen molar-refractivity contribution in [2.24, 2.45) is 7.05 Å². The molecule has 0 aromatic carbocycles. The molecule has 2 aromatic heterocycles. The van der Waals surface area contributed by atoms with Crippen LogP contribution in [0.2, 0.25) is 0 Å². The monoisotopic (exact) mass is 209 g/mol. The molecule has 0 aliphatic rings. The Morgan fingerprint density at radius 1 is 1.50 bits per heavy atom. The largest absolute Gasteiger partial charge is 0.306 e. The summed E-state index contributed by atoms with van der Waals surface area (Å²) in [7, 11) is 1.86. The predicted octanol–water partition coefficient (Wildman–Crippen LogP) is 0.561. The van der Waals surface area contributed by atoms with Gasteiger partial charge in [-0.25, -0.2) is 0 Å². The Balaban J connectivity index is 1.78. The molecule has 1 N–H and O–H groups in total. The fourth-order valence-corrected chi connectivity index (χ4v) is 1.68. The van der Waals surface area contributed by atoms with E-state index in [9.17, 15) is 0 Å². The SMILES string of the molecule is Cn1cc(CNCc2cncs2)nn1. The van der Waals surface area contributed by atoms with E-state index in [2.05, 4.69) is 20.6 Å². The Kier molecular flexibility index (Phi) is 2.85. The molecule has 0 aliphatic heterocycles. The van der Waals surface area contributed by atoms with Gasteiger partial charge in [0.2, 0.25) is 0 Å². The van der Waals surface area contributed by atoms with Crippen LogP contribution < -0.4 is 5.32 Å². The standard InChI is InChI=1S/C8H11N5S/c1-13-5-7(11-12-13)2-9-3-8-4-10-6-14-8/h4-6,9H,2-3H2,1H3. The third kappa shape index (κ3) is 2.36. The molecule has 0 bridgehead atoms. The van der Waals surface area contributed by atoms with E-state index in [4.69, 9.17) is 0 Å². The molecule has 0 fully saturated rings. The smallest absolute Gasteiger partial charge is 0.0964 e. The van der Waals surface area contributed by atoms with Gasteiger partial charge in [-0.05, 0) is 0 Å². The number of aryl methyl sites for hydroxylation is 1. The molecule has 14 heavy (non-hydrogen) atoms. The zero-order valence-corrected chi connectivity index (χ0v) is 8.66. The van der Waals surface area contributed by atoms with E-state index in [1.54, 1.807) is 16.0 Å². The van der Waals surface area contributed by atoms with Crippen LogP contribution >= 0.6 is 11.3 Å². The summed E-state index contributed by atoms with van der Waals surface area (Å²) in [4.78, 5) is 5.23. The number of hydrogen-bond acceptors (Lipinski definition) is 5. The lowest BCUT2D eigenvalue weighted by Gasteiger charge is -1.97. The molecule has 0 spiro atoms. The van der Waals surface area contributed by atoms with Gasteiger partial charge in [-0.1, -0.05) is 5.21 Å². The summed E-state index contributed by atoms with van der Waals surface area (Å²) in [5.41, 5.74) is 2.79. The lowest BCUT2D eigenvalue weighted by Crippen LogP contribution is -2.11. The Morgan fingerprint density at radius 3 is 3.07 bits per heavy atom. The Hall–Kier alpha value is -1.27. The van der Waals surface area contributed by atoms with Gasteiger partial charge in [0, 0.05) is 37.4 Å². The maximum atomic E-state index is 4.00. The van der Waals surface area contributed by atoms with Crippen LogP contribution in [-0.4, -0.2) is 20.0 Å². The second-order valence-corrected chi connectivity index (χ2v) is 3.93. The molecule has 2 aromatic rings. The minimum absolute atomic E-state index is 0.742. The molecule has 74 valence electrons. The third-order valence-corrected chi connectivity index (χ3v) is 2.52. The average Bonchev–Trinajstić information content (AvgIpc) is 2.77. The summed E-state index contributed by atoms with van der Waals surface area (Å²) in [6.07, 6.45) is 3.77. The second-order valence-electron chi connectivity index (χ2n) is 2.95. The highest BCUT2D eigenvalue weighted by Gasteiger charge is 1.98. The first-order chi connectivity index (χ1) is 6.84. The van der Waals surface area contributed by atoms with E-state index in [-0.39, 0.29) is 0 Å². The Morgan fingerprint density at radius 2 is 2.43 bits per heavy atom. The van der Waals surface area contributed by atoms with Crippen LogP contribution in [0.15, 0.2) is 17.9 Å². The van der Waals surface area contributed by atoms with Crippen molar-refractivity contribution in [2.75, 3.05) is 0 Å². The van der Waals surface area contributed by atoms with Gasteiger partial charge in [0.05, 0.1) is 11.2 Å². The Bertz CT molecular complexity index is 380. The molecule has 5 nitrogen and oxygen atoms in total. The van der Waals surface area contributed by atoms with Crippen LogP contribution in [0.4, 0.5) is 0 Å². The van der Waals surface area contributed by atoms with Gasteiger partial charge in [-0.2, -0.15) is 0 Å². The molecule has 6 heteroatoms. The molecule has 0 saturated carbocycles. The van der Waals surface area contributed by atoms with Crippen molar-refractivity contribution >= 4 is 11.3 Å². The number of rotatable bonds is 4. The van der Waals surface area contributed by atoms with Gasteiger partial charge in [-0.3, -0.25) is 9.67 Å². The maximum Gasteiger partial charge on any atom is 0.0964 e. The molecule has 0 unspecified atom stereocenters. The van der Waals surface area contributed by atoms with Crippen LogP contribution in [0.25, 0.3) is 0 Å². The zero-order chi connectivity index (χ0) is 9.80. The van der Waals surface area contributed by atoms with Crippen LogP contribution in [0.5, 0.6) is 0 Å². The quantitative estimate of drug-likeness (QED) is 0.799. The topological polar surface area (TPSA) is 55.6 Å². The van der Waals surface area contributed by atoms with Crippen molar-refractivity contribution in [2.45, 2.75) is 13.1 Å². The van der Waals surface area contributed by atoms with E-state index in [0.717, 1.165) is 18.8 Å². The summed E-state index contributed by atoms with van der Waals surface area (Å²) in [5.74, 6) is 0. The summed E-state index contributed by atoms with van der Waals surface area (Å²) >= 11 is 1.65. The van der Waals surface area contributed by atoms with E-state index >= 15 is 0 Å². The predicted molar refractivity (Wildman–Crippen MR) is 53.7 cm³/mol. The minimum atomic E-state index is 0.742. The number of nitrogens with zero attached hydrogens (tertiary/aromatic N) is 4. The van der Waals surface area contributed by atoms with Crippen molar-refractivity contribution in [3.05, 3.63) is 28.5 Å². The summed E-state index contributed by atoms with van der Waals surface area (Å²) in [6.45, 7) is 1.58. The van der Waals surface area contributed by atoms with E-state index in [1.165, 1.54) is 4.88 Å². The van der Waals surface area contributed by atoms with E-state index < -0.39 is 0 Å². The van der Waals surface area contributed by atoms with Crippen molar-refractivity contribution < 1.29 is 0 Å². The molecule has 0 aliphatic carbocycles. The summed E-state index contributed by atoms with van der Waals surface area (Å²) < 4.78 is 1.70.